The Morgan fingerprint density at radius 3 is 2.78 bits per heavy atom. The summed E-state index contributed by atoms with van der Waals surface area (Å²) in [4.78, 5) is 2.01. The van der Waals surface area contributed by atoms with Gasteiger partial charge < -0.3 is 14.6 Å². The van der Waals surface area contributed by atoms with Gasteiger partial charge in [-0.1, -0.05) is 13.8 Å². The number of rotatable bonds is 4. The maximum absolute atomic E-state index is 10.7. The Kier molecular flexibility index (Phi) is 2.88. The summed E-state index contributed by atoms with van der Waals surface area (Å²) >= 11 is 0. The van der Waals surface area contributed by atoms with Crippen LogP contribution in [0.3, 0.4) is 0 Å². The van der Waals surface area contributed by atoms with Gasteiger partial charge in [0.15, 0.2) is 11.5 Å². The molecule has 23 heavy (non-hydrogen) atoms. The van der Waals surface area contributed by atoms with Gasteiger partial charge in [-0.25, -0.2) is 0 Å². The average Bonchev–Trinajstić information content (AvgIpc) is 2.54. The third-order valence-electron chi connectivity index (χ3n) is 4.91. The largest absolute Gasteiger partial charge is 0.493 e. The number of methoxy groups -OCH3 is 2. The first-order valence-electron chi connectivity index (χ1n) is 11.7. The highest BCUT2D eigenvalue weighted by Crippen LogP contribution is 2.43. The van der Waals surface area contributed by atoms with Crippen LogP contribution in [0.2, 0.25) is 0 Å². The summed E-state index contributed by atoms with van der Waals surface area (Å²) in [5.41, 5.74) is 1.22. The van der Waals surface area contributed by atoms with Crippen LogP contribution in [0.4, 0.5) is 0 Å². The molecule has 1 aromatic rings. The minimum absolute atomic E-state index is 0.0706. The predicted molar refractivity (Wildman–Crippen MR) is 91.1 cm³/mol. The molecule has 3 unspecified atom stereocenters. The van der Waals surface area contributed by atoms with E-state index in [2.05, 4.69) is 13.8 Å². The summed E-state index contributed by atoms with van der Waals surface area (Å²) in [5.74, 6) is 0.0771. The third-order valence-corrected chi connectivity index (χ3v) is 4.91. The van der Waals surface area contributed by atoms with Gasteiger partial charge in [0.25, 0.3) is 0 Å². The van der Waals surface area contributed by atoms with Crippen LogP contribution >= 0.6 is 0 Å². The molecular formula is C19H29NO3. The van der Waals surface area contributed by atoms with Gasteiger partial charge in [-0.05, 0) is 54.4 Å². The van der Waals surface area contributed by atoms with Gasteiger partial charge in [0.05, 0.1) is 29.8 Å². The molecule has 0 amide bonds. The SMILES string of the molecule is [2H]C([2H])([2H])Oc1cc2c(cc1OC([2H])([2H])[2H])C1([2H])CC(O)C(CC(C)C)CN1CC2. The summed E-state index contributed by atoms with van der Waals surface area (Å²) in [5, 5.41) is 10.7. The van der Waals surface area contributed by atoms with Gasteiger partial charge in [0.2, 0.25) is 0 Å². The smallest absolute Gasteiger partial charge is 0.161 e. The van der Waals surface area contributed by atoms with Crippen molar-refractivity contribution in [3.05, 3.63) is 23.3 Å². The number of piperidine rings is 1. The number of aliphatic hydroxyl groups excluding tert-OH is 1. The fourth-order valence-electron chi connectivity index (χ4n) is 3.84. The molecular weight excluding hydrogens is 290 g/mol. The van der Waals surface area contributed by atoms with E-state index in [4.69, 9.17) is 19.1 Å². The van der Waals surface area contributed by atoms with Crippen molar-refractivity contribution in [2.75, 3.05) is 27.2 Å². The van der Waals surface area contributed by atoms with Crippen LogP contribution in [-0.4, -0.2) is 43.3 Å². The predicted octanol–water partition coefficient (Wildman–Crippen LogP) is 3.03. The van der Waals surface area contributed by atoms with E-state index in [0.29, 0.717) is 36.6 Å². The highest BCUT2D eigenvalue weighted by Gasteiger charge is 2.38. The molecule has 0 aliphatic carbocycles. The molecule has 0 bridgehead atoms. The molecule has 1 saturated heterocycles. The van der Waals surface area contributed by atoms with Crippen LogP contribution in [0.5, 0.6) is 11.5 Å². The second kappa shape index (κ2) is 6.70. The lowest BCUT2D eigenvalue weighted by Crippen LogP contribution is -2.48. The zero-order valence-corrected chi connectivity index (χ0v) is 13.6. The Morgan fingerprint density at radius 2 is 2.09 bits per heavy atom. The van der Waals surface area contributed by atoms with E-state index in [0.717, 1.165) is 6.42 Å². The minimum atomic E-state index is -2.81. The van der Waals surface area contributed by atoms with E-state index in [1.54, 1.807) is 0 Å². The van der Waals surface area contributed by atoms with Crippen LogP contribution < -0.4 is 9.47 Å². The first kappa shape index (κ1) is 9.90. The molecule has 2 aliphatic rings. The summed E-state index contributed by atoms with van der Waals surface area (Å²) < 4.78 is 63.5. The van der Waals surface area contributed by atoms with E-state index in [9.17, 15) is 5.11 Å². The maximum atomic E-state index is 10.7. The monoisotopic (exact) mass is 326 g/mol. The number of fused-ring (bicyclic) bond motifs is 3. The summed E-state index contributed by atoms with van der Waals surface area (Å²) in [6.07, 6.45) is 0.951. The van der Waals surface area contributed by atoms with Crippen molar-refractivity contribution in [3.8, 4) is 11.5 Å². The molecule has 2 heterocycles. The average molecular weight is 326 g/mol. The Balaban J connectivity index is 2.01. The number of ether oxygens (including phenoxy) is 2. The van der Waals surface area contributed by atoms with Crippen LogP contribution in [0.1, 0.15) is 53.4 Å². The van der Waals surface area contributed by atoms with Crippen molar-refractivity contribution in [3.63, 3.8) is 0 Å². The number of aliphatic hydroxyl groups is 1. The van der Waals surface area contributed by atoms with Crippen molar-refractivity contribution in [2.24, 2.45) is 11.8 Å². The van der Waals surface area contributed by atoms with Crippen LogP contribution in [0.25, 0.3) is 0 Å². The van der Waals surface area contributed by atoms with Crippen molar-refractivity contribution in [1.82, 2.24) is 4.90 Å². The van der Waals surface area contributed by atoms with Gasteiger partial charge in [0.1, 0.15) is 0 Å². The summed E-state index contributed by atoms with van der Waals surface area (Å²) in [7, 11) is -5.58. The number of nitrogens with zero attached hydrogens (tertiary/aromatic N) is 1. The zero-order valence-electron chi connectivity index (χ0n) is 20.6. The Morgan fingerprint density at radius 1 is 1.35 bits per heavy atom. The van der Waals surface area contributed by atoms with E-state index in [1.807, 2.05) is 4.90 Å². The van der Waals surface area contributed by atoms with Gasteiger partial charge in [-0.3, -0.25) is 4.90 Å². The third kappa shape index (κ3) is 3.20. The molecule has 1 fully saturated rings. The zero-order chi connectivity index (χ0) is 22.5. The minimum Gasteiger partial charge on any atom is -0.493 e. The topological polar surface area (TPSA) is 41.9 Å². The number of benzene rings is 1. The van der Waals surface area contributed by atoms with Gasteiger partial charge in [0, 0.05) is 19.1 Å². The molecule has 1 aromatic carbocycles. The second-order valence-electron chi connectivity index (χ2n) is 6.96. The molecule has 0 radical (unpaired) electrons. The second-order valence-corrected chi connectivity index (χ2v) is 6.96. The fourth-order valence-corrected chi connectivity index (χ4v) is 3.84. The maximum Gasteiger partial charge on any atom is 0.161 e. The molecule has 1 N–H and O–H groups in total. The lowest BCUT2D eigenvalue weighted by Gasteiger charge is -2.46. The van der Waals surface area contributed by atoms with Crippen molar-refractivity contribution < 1.29 is 24.2 Å². The van der Waals surface area contributed by atoms with Crippen molar-refractivity contribution in [2.45, 2.75) is 45.2 Å². The molecule has 4 nitrogen and oxygen atoms in total. The Hall–Kier alpha value is -1.26. The number of hydrogen-bond donors (Lipinski definition) is 1. The normalized spacial score (nSPS) is 36.3. The van der Waals surface area contributed by atoms with Gasteiger partial charge in [-0.2, -0.15) is 0 Å². The molecule has 0 saturated carbocycles. The molecule has 0 aromatic heterocycles. The van der Waals surface area contributed by atoms with Crippen LogP contribution in [-0.2, 0) is 6.42 Å². The first-order chi connectivity index (χ1) is 13.7. The summed E-state index contributed by atoms with van der Waals surface area (Å²) in [6.45, 7) is 5.37. The van der Waals surface area contributed by atoms with E-state index in [-0.39, 0.29) is 23.8 Å². The first-order valence-corrected chi connectivity index (χ1v) is 8.16. The molecule has 128 valence electrons. The lowest BCUT2D eigenvalue weighted by atomic mass is 9.79. The lowest BCUT2D eigenvalue weighted by molar-refractivity contribution is -0.0191. The molecule has 3 atom stereocenters. The van der Waals surface area contributed by atoms with Crippen LogP contribution in [0.15, 0.2) is 12.1 Å². The quantitative estimate of drug-likeness (QED) is 0.923. The highest BCUT2D eigenvalue weighted by atomic mass is 16.5. The molecule has 2 aliphatic heterocycles. The van der Waals surface area contributed by atoms with E-state index < -0.39 is 26.2 Å². The molecule has 3 rings (SSSR count). The fraction of sp³-hybridized carbons (Fsp3) is 0.684. The highest BCUT2D eigenvalue weighted by molar-refractivity contribution is 5.49. The molecule has 4 heteroatoms. The van der Waals surface area contributed by atoms with Crippen molar-refractivity contribution >= 4 is 0 Å². The Labute approximate surface area is 149 Å². The van der Waals surface area contributed by atoms with Crippen LogP contribution in [0, 0.1) is 11.8 Å². The van der Waals surface area contributed by atoms with E-state index >= 15 is 0 Å². The standard InChI is InChI=1S/C19H29NO3/c1-12(2)7-14-11-20-6-5-13-8-18(22-3)19(23-4)9-15(13)16(20)10-17(14)21/h8-9,12,14,16-17,21H,5-7,10-11H2,1-4H3/i3D3,4D3,16D. The summed E-state index contributed by atoms with van der Waals surface area (Å²) in [6, 6.07) is 1.62. The van der Waals surface area contributed by atoms with Gasteiger partial charge in [-0.15, -0.1) is 0 Å². The van der Waals surface area contributed by atoms with Crippen molar-refractivity contribution in [1.29, 1.82) is 0 Å². The van der Waals surface area contributed by atoms with E-state index in [1.165, 1.54) is 12.1 Å². The molecule has 0 spiro atoms. The Bertz CT molecular complexity index is 781. The van der Waals surface area contributed by atoms with Gasteiger partial charge >= 0.3 is 0 Å². The number of hydrogen-bond acceptors (Lipinski definition) is 4.